The molecule has 0 radical (unpaired) electrons. The Morgan fingerprint density at radius 3 is 2.96 bits per heavy atom. The minimum Gasteiger partial charge on any atom is -0.493 e. The second-order valence-corrected chi connectivity index (χ2v) is 7.82. The van der Waals surface area contributed by atoms with Gasteiger partial charge in [0, 0.05) is 38.6 Å². The molecular formula is C21H33IN4O. The van der Waals surface area contributed by atoms with Crippen LogP contribution in [0.4, 0.5) is 0 Å². The van der Waals surface area contributed by atoms with Crippen LogP contribution >= 0.6 is 24.0 Å². The first-order valence-electron chi connectivity index (χ1n) is 10.3. The number of likely N-dealkylation sites (tertiary alicyclic amines) is 1. The predicted molar refractivity (Wildman–Crippen MR) is 121 cm³/mol. The number of nitrogens with zero attached hydrogens (tertiary/aromatic N) is 2. The molecule has 1 saturated heterocycles. The second-order valence-electron chi connectivity index (χ2n) is 7.82. The summed E-state index contributed by atoms with van der Waals surface area (Å²) in [6, 6.07) is 7.48. The zero-order chi connectivity index (χ0) is 17.8. The lowest BCUT2D eigenvalue weighted by atomic mass is 10.1. The van der Waals surface area contributed by atoms with Crippen LogP contribution in [0.1, 0.15) is 37.3 Å². The van der Waals surface area contributed by atoms with E-state index in [0.29, 0.717) is 0 Å². The zero-order valence-corrected chi connectivity index (χ0v) is 18.7. The molecule has 2 N–H and O–H groups in total. The van der Waals surface area contributed by atoms with Gasteiger partial charge in [-0.15, -0.1) is 24.0 Å². The van der Waals surface area contributed by atoms with E-state index in [1.54, 1.807) is 0 Å². The number of hydrogen-bond acceptors (Lipinski definition) is 3. The smallest absolute Gasteiger partial charge is 0.191 e. The Morgan fingerprint density at radius 2 is 2.15 bits per heavy atom. The van der Waals surface area contributed by atoms with Gasteiger partial charge in [-0.1, -0.05) is 12.1 Å². The number of ether oxygens (including phenoxy) is 1. The molecule has 1 saturated carbocycles. The van der Waals surface area contributed by atoms with Crippen LogP contribution in [0.25, 0.3) is 0 Å². The van der Waals surface area contributed by atoms with Crippen molar-refractivity contribution in [1.29, 1.82) is 0 Å². The molecule has 0 aromatic heterocycles. The second kappa shape index (κ2) is 9.96. The summed E-state index contributed by atoms with van der Waals surface area (Å²) in [5.74, 6) is 2.75. The van der Waals surface area contributed by atoms with Crippen molar-refractivity contribution in [3.8, 4) is 5.75 Å². The van der Waals surface area contributed by atoms with Crippen LogP contribution in [0.3, 0.4) is 0 Å². The van der Waals surface area contributed by atoms with Gasteiger partial charge in [-0.2, -0.15) is 0 Å². The molecular weight excluding hydrogens is 451 g/mol. The Morgan fingerprint density at radius 1 is 1.26 bits per heavy atom. The van der Waals surface area contributed by atoms with E-state index in [4.69, 9.17) is 9.73 Å². The van der Waals surface area contributed by atoms with Crippen molar-refractivity contribution in [3.63, 3.8) is 0 Å². The predicted octanol–water partition coefficient (Wildman–Crippen LogP) is 2.82. The summed E-state index contributed by atoms with van der Waals surface area (Å²) in [5.41, 5.74) is 2.72. The first kappa shape index (κ1) is 20.7. The number of aliphatic imine (C=N–C) groups is 1. The van der Waals surface area contributed by atoms with E-state index in [2.05, 4.69) is 40.7 Å². The van der Waals surface area contributed by atoms with Gasteiger partial charge in [0.05, 0.1) is 6.61 Å². The minimum absolute atomic E-state index is 0. The molecule has 150 valence electrons. The average Bonchev–Trinajstić information content (AvgIpc) is 3.21. The summed E-state index contributed by atoms with van der Waals surface area (Å²) in [6.45, 7) is 8.22. The highest BCUT2D eigenvalue weighted by Gasteiger charge is 2.34. The summed E-state index contributed by atoms with van der Waals surface area (Å²) < 4.78 is 5.59. The molecule has 0 amide bonds. The number of halogens is 1. The van der Waals surface area contributed by atoms with Gasteiger partial charge in [-0.3, -0.25) is 4.99 Å². The van der Waals surface area contributed by atoms with Crippen LogP contribution in [0, 0.1) is 5.92 Å². The van der Waals surface area contributed by atoms with E-state index < -0.39 is 0 Å². The number of fused-ring (bicyclic) bond motifs is 1. The van der Waals surface area contributed by atoms with E-state index in [0.717, 1.165) is 62.8 Å². The molecule has 1 unspecified atom stereocenters. The number of rotatable bonds is 7. The Hall–Kier alpha value is -1.02. The van der Waals surface area contributed by atoms with E-state index in [-0.39, 0.29) is 24.0 Å². The van der Waals surface area contributed by atoms with Crippen molar-refractivity contribution in [3.05, 3.63) is 29.3 Å². The largest absolute Gasteiger partial charge is 0.493 e. The fraction of sp³-hybridized carbons (Fsp3) is 0.667. The quantitative estimate of drug-likeness (QED) is 0.355. The standard InChI is InChI=1S/C21H32N4O.HI/c1-2-22-21(24-14-17-8-11-25(15-17)19-4-5-19)23-10-7-16-3-6-20-18(13-16)9-12-26-20;/h3,6,13,17,19H,2,4-5,7-12,14-15H2,1H3,(H2,22,23,24);1H. The minimum atomic E-state index is 0. The summed E-state index contributed by atoms with van der Waals surface area (Å²) in [6.07, 6.45) is 6.18. The maximum atomic E-state index is 5.59. The van der Waals surface area contributed by atoms with Gasteiger partial charge in [-0.05, 0) is 62.3 Å². The topological polar surface area (TPSA) is 48.9 Å². The molecule has 5 nitrogen and oxygen atoms in total. The van der Waals surface area contributed by atoms with Crippen molar-refractivity contribution in [2.75, 3.05) is 39.3 Å². The molecule has 3 aliphatic rings. The highest BCUT2D eigenvalue weighted by atomic mass is 127. The molecule has 2 aliphatic heterocycles. The van der Waals surface area contributed by atoms with Crippen LogP contribution in [0.5, 0.6) is 5.75 Å². The maximum absolute atomic E-state index is 5.59. The van der Waals surface area contributed by atoms with Crippen molar-refractivity contribution in [2.24, 2.45) is 10.9 Å². The van der Waals surface area contributed by atoms with Gasteiger partial charge in [0.1, 0.15) is 5.75 Å². The van der Waals surface area contributed by atoms with Crippen LogP contribution < -0.4 is 15.4 Å². The molecule has 0 spiro atoms. The monoisotopic (exact) mass is 484 g/mol. The highest BCUT2D eigenvalue weighted by molar-refractivity contribution is 14.0. The van der Waals surface area contributed by atoms with Crippen molar-refractivity contribution in [2.45, 2.75) is 45.1 Å². The summed E-state index contributed by atoms with van der Waals surface area (Å²) in [7, 11) is 0. The Bertz CT molecular complexity index is 647. The van der Waals surface area contributed by atoms with Crippen LogP contribution in [-0.4, -0.2) is 56.2 Å². The molecule has 2 heterocycles. The Balaban J connectivity index is 0.00000210. The molecule has 1 aliphatic carbocycles. The van der Waals surface area contributed by atoms with Crippen LogP contribution in [0.15, 0.2) is 23.2 Å². The molecule has 4 rings (SSSR count). The lowest BCUT2D eigenvalue weighted by Gasteiger charge is -2.15. The third kappa shape index (κ3) is 5.73. The fourth-order valence-corrected chi connectivity index (χ4v) is 4.07. The van der Waals surface area contributed by atoms with E-state index >= 15 is 0 Å². The van der Waals surface area contributed by atoms with E-state index in [1.807, 2.05) is 0 Å². The van der Waals surface area contributed by atoms with Gasteiger partial charge in [0.15, 0.2) is 5.96 Å². The normalized spacial score (nSPS) is 22.1. The lowest BCUT2D eigenvalue weighted by Crippen LogP contribution is -2.38. The SMILES string of the molecule is CCNC(=NCC1CCN(C2CC2)C1)NCCc1ccc2c(c1)CCO2.I. The number of guanidine groups is 1. The molecule has 27 heavy (non-hydrogen) atoms. The first-order valence-corrected chi connectivity index (χ1v) is 10.3. The molecule has 1 aromatic rings. The Labute approximate surface area is 180 Å². The summed E-state index contributed by atoms with van der Waals surface area (Å²) in [4.78, 5) is 7.51. The van der Waals surface area contributed by atoms with Crippen molar-refractivity contribution >= 4 is 29.9 Å². The van der Waals surface area contributed by atoms with Gasteiger partial charge in [0.2, 0.25) is 0 Å². The third-order valence-corrected chi connectivity index (χ3v) is 5.69. The van der Waals surface area contributed by atoms with E-state index in [9.17, 15) is 0 Å². The molecule has 6 heteroatoms. The number of hydrogen-bond donors (Lipinski definition) is 2. The molecule has 1 aromatic carbocycles. The molecule has 1 atom stereocenters. The highest BCUT2D eigenvalue weighted by Crippen LogP contribution is 2.31. The molecule has 2 fully saturated rings. The number of benzene rings is 1. The van der Waals surface area contributed by atoms with Gasteiger partial charge in [-0.25, -0.2) is 0 Å². The fourth-order valence-electron chi connectivity index (χ4n) is 4.07. The van der Waals surface area contributed by atoms with Gasteiger partial charge in [0.25, 0.3) is 0 Å². The van der Waals surface area contributed by atoms with E-state index in [1.165, 1.54) is 43.5 Å². The van der Waals surface area contributed by atoms with Crippen molar-refractivity contribution < 1.29 is 4.74 Å². The van der Waals surface area contributed by atoms with Gasteiger partial charge < -0.3 is 20.3 Å². The summed E-state index contributed by atoms with van der Waals surface area (Å²) in [5, 5.41) is 6.89. The zero-order valence-electron chi connectivity index (χ0n) is 16.4. The Kier molecular flexibility index (Phi) is 7.64. The number of nitrogens with one attached hydrogen (secondary N) is 2. The van der Waals surface area contributed by atoms with Gasteiger partial charge >= 0.3 is 0 Å². The summed E-state index contributed by atoms with van der Waals surface area (Å²) >= 11 is 0. The average molecular weight is 484 g/mol. The third-order valence-electron chi connectivity index (χ3n) is 5.69. The molecule has 0 bridgehead atoms. The first-order chi connectivity index (χ1) is 12.8. The van der Waals surface area contributed by atoms with Crippen LogP contribution in [-0.2, 0) is 12.8 Å². The van der Waals surface area contributed by atoms with Crippen molar-refractivity contribution in [1.82, 2.24) is 15.5 Å². The maximum Gasteiger partial charge on any atom is 0.191 e. The van der Waals surface area contributed by atoms with Crippen LogP contribution in [0.2, 0.25) is 0 Å². The lowest BCUT2D eigenvalue weighted by molar-refractivity contribution is 0.315.